The van der Waals surface area contributed by atoms with Crippen molar-refractivity contribution in [3.05, 3.63) is 23.2 Å². The molecule has 3 nitrogen and oxygen atoms in total. The Hall–Kier alpha value is -0.870. The molecule has 0 spiro atoms. The summed E-state index contributed by atoms with van der Waals surface area (Å²) < 4.78 is 4.51. The number of carbonyl (C=O) groups is 1. The van der Waals surface area contributed by atoms with Gasteiger partial charge in [-0.05, 0) is 18.2 Å². The van der Waals surface area contributed by atoms with Crippen molar-refractivity contribution in [3.8, 4) is 0 Å². The number of methoxy groups -OCH3 is 1. The van der Waals surface area contributed by atoms with Gasteiger partial charge in [-0.25, -0.2) is 0 Å². The third-order valence-corrected chi connectivity index (χ3v) is 3.00. The summed E-state index contributed by atoms with van der Waals surface area (Å²) in [7, 11) is 1.35. The second-order valence-corrected chi connectivity index (χ2v) is 3.98. The van der Waals surface area contributed by atoms with Crippen LogP contribution in [0.5, 0.6) is 0 Å². The number of nitrogen functional groups attached to an aromatic ring is 1. The lowest BCUT2D eigenvalue weighted by Gasteiger charge is -2.03. The Labute approximate surface area is 91.6 Å². The van der Waals surface area contributed by atoms with Gasteiger partial charge in [0.1, 0.15) is 0 Å². The lowest BCUT2D eigenvalue weighted by Crippen LogP contribution is -2.02. The summed E-state index contributed by atoms with van der Waals surface area (Å²) in [6.45, 7) is 0. The highest BCUT2D eigenvalue weighted by molar-refractivity contribution is 8.00. The van der Waals surface area contributed by atoms with E-state index in [0.717, 1.165) is 4.90 Å². The molecule has 0 aromatic heterocycles. The maximum Gasteiger partial charge on any atom is 0.315 e. The van der Waals surface area contributed by atoms with Gasteiger partial charge in [-0.15, -0.1) is 11.8 Å². The highest BCUT2D eigenvalue weighted by atomic mass is 35.5. The first-order valence-corrected chi connectivity index (χ1v) is 5.24. The van der Waals surface area contributed by atoms with Crippen LogP contribution >= 0.6 is 23.4 Å². The van der Waals surface area contributed by atoms with Crippen LogP contribution in [0.3, 0.4) is 0 Å². The lowest BCUT2D eigenvalue weighted by molar-refractivity contribution is -0.137. The van der Waals surface area contributed by atoms with Crippen molar-refractivity contribution < 1.29 is 9.53 Å². The van der Waals surface area contributed by atoms with Gasteiger partial charge in [0.2, 0.25) is 0 Å². The summed E-state index contributed by atoms with van der Waals surface area (Å²) in [5.41, 5.74) is 6.20. The highest BCUT2D eigenvalue weighted by Gasteiger charge is 2.05. The van der Waals surface area contributed by atoms with Gasteiger partial charge in [0.05, 0.1) is 17.9 Å². The van der Waals surface area contributed by atoms with Crippen LogP contribution < -0.4 is 5.73 Å². The number of ether oxygens (including phenoxy) is 1. The predicted molar refractivity (Wildman–Crippen MR) is 58.6 cm³/mol. The lowest BCUT2D eigenvalue weighted by atomic mass is 10.3. The van der Waals surface area contributed by atoms with Gasteiger partial charge in [-0.2, -0.15) is 0 Å². The van der Waals surface area contributed by atoms with E-state index in [1.807, 2.05) is 0 Å². The number of benzene rings is 1. The second kappa shape index (κ2) is 5.12. The van der Waals surface area contributed by atoms with Crippen LogP contribution in [0.1, 0.15) is 0 Å². The van der Waals surface area contributed by atoms with E-state index in [0.29, 0.717) is 10.7 Å². The highest BCUT2D eigenvalue weighted by Crippen LogP contribution is 2.28. The normalized spacial score (nSPS) is 9.86. The summed E-state index contributed by atoms with van der Waals surface area (Å²) in [5.74, 6) is -0.0480. The first kappa shape index (κ1) is 11.2. The molecule has 0 fully saturated rings. The Morgan fingerprint density at radius 2 is 2.36 bits per heavy atom. The molecule has 0 aliphatic carbocycles. The molecule has 0 heterocycles. The summed E-state index contributed by atoms with van der Waals surface area (Å²) in [5, 5.41) is 0.591. The quantitative estimate of drug-likeness (QED) is 0.492. The minimum atomic E-state index is -0.284. The molecular weight excluding hydrogens is 222 g/mol. The first-order valence-electron chi connectivity index (χ1n) is 3.88. The molecule has 0 unspecified atom stereocenters. The largest absolute Gasteiger partial charge is 0.468 e. The molecule has 1 rings (SSSR count). The number of anilines is 1. The van der Waals surface area contributed by atoms with Gasteiger partial charge in [0.25, 0.3) is 0 Å². The molecule has 0 radical (unpaired) electrons. The van der Waals surface area contributed by atoms with Crippen LogP contribution in [0, 0.1) is 0 Å². The van der Waals surface area contributed by atoms with Gasteiger partial charge in [-0.1, -0.05) is 11.6 Å². The molecular formula is C9H10ClNO2S. The van der Waals surface area contributed by atoms with Crippen LogP contribution in [0.2, 0.25) is 5.02 Å². The van der Waals surface area contributed by atoms with E-state index in [-0.39, 0.29) is 11.7 Å². The zero-order valence-electron chi connectivity index (χ0n) is 7.62. The van der Waals surface area contributed by atoms with E-state index in [2.05, 4.69) is 4.74 Å². The average Bonchev–Trinajstić information content (AvgIpc) is 2.19. The van der Waals surface area contributed by atoms with E-state index in [4.69, 9.17) is 17.3 Å². The van der Waals surface area contributed by atoms with Crippen molar-refractivity contribution in [2.24, 2.45) is 0 Å². The second-order valence-electron chi connectivity index (χ2n) is 2.55. The van der Waals surface area contributed by atoms with Crippen molar-refractivity contribution in [2.75, 3.05) is 18.6 Å². The molecule has 2 N–H and O–H groups in total. The Balaban J connectivity index is 2.66. The number of esters is 1. The molecule has 0 aliphatic heterocycles. The van der Waals surface area contributed by atoms with Gasteiger partial charge in [0.15, 0.2) is 0 Å². The van der Waals surface area contributed by atoms with Crippen molar-refractivity contribution in [1.29, 1.82) is 0 Å². The number of halogens is 1. The molecule has 0 bridgehead atoms. The fourth-order valence-electron chi connectivity index (χ4n) is 0.826. The minimum absolute atomic E-state index is 0.236. The molecule has 5 heteroatoms. The van der Waals surface area contributed by atoms with Crippen molar-refractivity contribution >= 4 is 35.0 Å². The topological polar surface area (TPSA) is 52.3 Å². The smallest absolute Gasteiger partial charge is 0.315 e. The van der Waals surface area contributed by atoms with E-state index >= 15 is 0 Å². The van der Waals surface area contributed by atoms with Gasteiger partial charge < -0.3 is 10.5 Å². The fraction of sp³-hybridized carbons (Fsp3) is 0.222. The van der Waals surface area contributed by atoms with Gasteiger partial charge >= 0.3 is 5.97 Å². The summed E-state index contributed by atoms with van der Waals surface area (Å²) in [4.78, 5) is 11.7. The van der Waals surface area contributed by atoms with Crippen LogP contribution in [0.4, 0.5) is 5.69 Å². The van der Waals surface area contributed by atoms with E-state index in [9.17, 15) is 4.79 Å². The fourth-order valence-corrected chi connectivity index (χ4v) is 1.92. The van der Waals surface area contributed by atoms with E-state index in [1.54, 1.807) is 18.2 Å². The van der Waals surface area contributed by atoms with Gasteiger partial charge in [-0.3, -0.25) is 4.79 Å². The molecule has 1 aromatic carbocycles. The van der Waals surface area contributed by atoms with Gasteiger partial charge in [0, 0.05) is 10.6 Å². The molecule has 0 saturated carbocycles. The number of hydrogen-bond donors (Lipinski definition) is 1. The summed E-state index contributed by atoms with van der Waals surface area (Å²) in [6, 6.07) is 5.15. The molecule has 0 amide bonds. The Bertz CT molecular complexity index is 344. The zero-order chi connectivity index (χ0) is 10.6. The number of hydrogen-bond acceptors (Lipinski definition) is 4. The van der Waals surface area contributed by atoms with Crippen molar-refractivity contribution in [1.82, 2.24) is 0 Å². The number of thioether (sulfide) groups is 1. The maximum absolute atomic E-state index is 10.9. The standard InChI is InChI=1S/C9H10ClNO2S/c1-13-9(12)5-14-8-4-6(11)2-3-7(8)10/h2-4H,5,11H2,1H3. The number of carbonyl (C=O) groups excluding carboxylic acids is 1. The first-order chi connectivity index (χ1) is 6.63. The van der Waals surface area contributed by atoms with Crippen molar-refractivity contribution in [2.45, 2.75) is 4.90 Å². The summed E-state index contributed by atoms with van der Waals surface area (Å²) >= 11 is 7.20. The van der Waals surface area contributed by atoms with E-state index in [1.165, 1.54) is 18.9 Å². The monoisotopic (exact) mass is 231 g/mol. The minimum Gasteiger partial charge on any atom is -0.468 e. The van der Waals surface area contributed by atoms with E-state index < -0.39 is 0 Å². The maximum atomic E-state index is 10.9. The third kappa shape index (κ3) is 3.12. The molecule has 0 atom stereocenters. The van der Waals surface area contributed by atoms with Crippen LogP contribution in [-0.4, -0.2) is 18.8 Å². The van der Waals surface area contributed by atoms with Crippen molar-refractivity contribution in [3.63, 3.8) is 0 Å². The summed E-state index contributed by atoms with van der Waals surface area (Å²) in [6.07, 6.45) is 0. The number of rotatable bonds is 3. The zero-order valence-corrected chi connectivity index (χ0v) is 9.19. The molecule has 14 heavy (non-hydrogen) atoms. The van der Waals surface area contributed by atoms with Crippen LogP contribution in [-0.2, 0) is 9.53 Å². The Kier molecular flexibility index (Phi) is 4.10. The average molecular weight is 232 g/mol. The van der Waals surface area contributed by atoms with Crippen LogP contribution in [0.25, 0.3) is 0 Å². The van der Waals surface area contributed by atoms with Crippen LogP contribution in [0.15, 0.2) is 23.1 Å². The molecule has 76 valence electrons. The Morgan fingerprint density at radius 1 is 1.64 bits per heavy atom. The molecule has 1 aromatic rings. The predicted octanol–water partition coefficient (Wildman–Crippen LogP) is 2.19. The third-order valence-electron chi connectivity index (χ3n) is 1.53. The Morgan fingerprint density at radius 3 is 3.00 bits per heavy atom. The molecule has 0 aliphatic rings. The number of nitrogens with two attached hydrogens (primary N) is 1. The molecule has 0 saturated heterocycles. The SMILES string of the molecule is COC(=O)CSc1cc(N)ccc1Cl.